The number of nitrogens with zero attached hydrogens (tertiary/aromatic N) is 2. The second-order valence-electron chi connectivity index (χ2n) is 8.63. The summed E-state index contributed by atoms with van der Waals surface area (Å²) in [5.41, 5.74) is 3.17. The Morgan fingerprint density at radius 2 is 1.94 bits per heavy atom. The summed E-state index contributed by atoms with van der Waals surface area (Å²) < 4.78 is 41.4. The van der Waals surface area contributed by atoms with Crippen molar-refractivity contribution in [1.82, 2.24) is 14.6 Å². The molecule has 36 heavy (non-hydrogen) atoms. The minimum Gasteiger partial charge on any atom is -0.437 e. The number of pyridine rings is 1. The Morgan fingerprint density at radius 1 is 1.25 bits per heavy atom. The van der Waals surface area contributed by atoms with E-state index >= 15 is 0 Å². The molecule has 0 saturated heterocycles. The SMILES string of the molecule is CCc1ccc(-c2oc3nc(CN(CCCCCP(C)(=O)O)S(=O)O)c(I)cc3c2C(=O)NC)cc1. The fourth-order valence-corrected chi connectivity index (χ4v) is 5.77. The fourth-order valence-electron chi connectivity index (χ4n) is 3.84. The predicted molar refractivity (Wildman–Crippen MR) is 151 cm³/mol. The smallest absolute Gasteiger partial charge is 0.255 e. The molecule has 2 heterocycles. The van der Waals surface area contributed by atoms with Gasteiger partial charge in [-0.3, -0.25) is 13.9 Å². The molecule has 12 heteroatoms. The van der Waals surface area contributed by atoms with Crippen LogP contribution in [0.15, 0.2) is 34.7 Å². The van der Waals surface area contributed by atoms with Gasteiger partial charge in [-0.05, 0) is 53.5 Å². The predicted octanol–water partition coefficient (Wildman–Crippen LogP) is 5.03. The maximum absolute atomic E-state index is 12.8. The van der Waals surface area contributed by atoms with Crippen molar-refractivity contribution in [3.05, 3.63) is 50.7 Å². The third-order valence-electron chi connectivity index (χ3n) is 5.81. The normalized spacial score (nSPS) is 14.2. The number of benzene rings is 1. The van der Waals surface area contributed by atoms with Crippen LogP contribution < -0.4 is 5.32 Å². The topological polar surface area (TPSA) is 133 Å². The molecule has 0 saturated carbocycles. The number of rotatable bonds is 12. The molecule has 0 radical (unpaired) electrons. The number of furan rings is 1. The van der Waals surface area contributed by atoms with Gasteiger partial charge in [-0.1, -0.05) is 37.6 Å². The molecule has 0 fully saturated rings. The van der Waals surface area contributed by atoms with Crippen molar-refractivity contribution in [2.75, 3.05) is 26.4 Å². The van der Waals surface area contributed by atoms with E-state index in [1.165, 1.54) is 16.5 Å². The number of aryl methyl sites for hydroxylation is 1. The quantitative estimate of drug-likeness (QED) is 0.109. The number of fused-ring (bicyclic) bond motifs is 1. The van der Waals surface area contributed by atoms with Gasteiger partial charge in [0.15, 0.2) is 7.37 Å². The molecular weight excluding hydrogens is 616 g/mol. The van der Waals surface area contributed by atoms with Gasteiger partial charge in [0.25, 0.3) is 5.91 Å². The zero-order valence-electron chi connectivity index (χ0n) is 20.5. The van der Waals surface area contributed by atoms with Crippen LogP contribution in [-0.4, -0.2) is 55.3 Å². The summed E-state index contributed by atoms with van der Waals surface area (Å²) in [4.78, 5) is 26.8. The van der Waals surface area contributed by atoms with Crippen molar-refractivity contribution >= 4 is 58.2 Å². The first-order chi connectivity index (χ1) is 17.0. The Bertz CT molecular complexity index is 1290. The lowest BCUT2D eigenvalue weighted by Crippen LogP contribution is -2.27. The lowest BCUT2D eigenvalue weighted by Gasteiger charge is -2.18. The first kappa shape index (κ1) is 28.9. The summed E-state index contributed by atoms with van der Waals surface area (Å²) in [5.74, 6) is 0.137. The van der Waals surface area contributed by atoms with Gasteiger partial charge in [-0.25, -0.2) is 9.19 Å². The summed E-state index contributed by atoms with van der Waals surface area (Å²) in [7, 11) is -1.48. The summed E-state index contributed by atoms with van der Waals surface area (Å²) >= 11 is -0.110. The summed E-state index contributed by atoms with van der Waals surface area (Å²) in [6.07, 6.45) is 2.99. The molecule has 3 N–H and O–H groups in total. The number of carbonyl (C=O) groups is 1. The number of unbranched alkanes of at least 4 members (excludes halogenated alkanes) is 2. The lowest BCUT2D eigenvalue weighted by molar-refractivity contribution is 0.0964. The van der Waals surface area contributed by atoms with E-state index in [0.29, 0.717) is 48.2 Å². The fraction of sp³-hybridized carbons (Fsp3) is 0.417. The Hall–Kier alpha value is -1.63. The molecule has 0 aliphatic carbocycles. The monoisotopic (exact) mass is 647 g/mol. The molecule has 0 aliphatic rings. The summed E-state index contributed by atoms with van der Waals surface area (Å²) in [6, 6.07) is 9.63. The van der Waals surface area contributed by atoms with Crippen LogP contribution in [0.5, 0.6) is 0 Å². The van der Waals surface area contributed by atoms with Gasteiger partial charge in [0.2, 0.25) is 17.0 Å². The molecule has 9 nitrogen and oxygen atoms in total. The number of hydrogen-bond donors (Lipinski definition) is 3. The largest absolute Gasteiger partial charge is 0.437 e. The molecule has 2 atom stereocenters. The average Bonchev–Trinajstić information content (AvgIpc) is 3.19. The molecule has 3 aromatic rings. The zero-order chi connectivity index (χ0) is 26.5. The molecule has 0 spiro atoms. The highest BCUT2D eigenvalue weighted by Crippen LogP contribution is 2.36. The Kier molecular flexibility index (Phi) is 10.2. The van der Waals surface area contributed by atoms with Crippen molar-refractivity contribution in [2.24, 2.45) is 0 Å². The number of carbonyl (C=O) groups excluding carboxylic acids is 1. The van der Waals surface area contributed by atoms with Crippen molar-refractivity contribution < 1.29 is 27.4 Å². The molecule has 0 aliphatic heterocycles. The minimum absolute atomic E-state index is 0.111. The van der Waals surface area contributed by atoms with Crippen molar-refractivity contribution in [2.45, 2.75) is 39.2 Å². The van der Waals surface area contributed by atoms with Gasteiger partial charge in [0.1, 0.15) is 5.76 Å². The highest BCUT2D eigenvalue weighted by molar-refractivity contribution is 14.1. The molecule has 0 bridgehead atoms. The maximum Gasteiger partial charge on any atom is 0.255 e. The van der Waals surface area contributed by atoms with Crippen LogP contribution in [0, 0.1) is 3.57 Å². The van der Waals surface area contributed by atoms with Gasteiger partial charge in [0.05, 0.1) is 23.2 Å². The third-order valence-corrected chi connectivity index (χ3v) is 8.65. The third kappa shape index (κ3) is 7.45. The Labute approximate surface area is 227 Å². The molecule has 1 amide bonds. The van der Waals surface area contributed by atoms with E-state index in [9.17, 15) is 23.0 Å². The molecule has 1 aromatic carbocycles. The molecule has 3 rings (SSSR count). The average molecular weight is 647 g/mol. The van der Waals surface area contributed by atoms with Gasteiger partial charge in [0, 0.05) is 35.6 Å². The molecular formula is C24H31IN3O6PS. The second-order valence-corrected chi connectivity index (χ2v) is 13.3. The minimum atomic E-state index is -3.04. The maximum atomic E-state index is 12.8. The highest BCUT2D eigenvalue weighted by atomic mass is 127. The van der Waals surface area contributed by atoms with Crippen molar-refractivity contribution in [3.8, 4) is 11.3 Å². The van der Waals surface area contributed by atoms with Gasteiger partial charge >= 0.3 is 0 Å². The van der Waals surface area contributed by atoms with Crippen LogP contribution in [0.4, 0.5) is 0 Å². The van der Waals surface area contributed by atoms with Gasteiger partial charge < -0.3 is 14.6 Å². The van der Waals surface area contributed by atoms with Crippen LogP contribution in [0.3, 0.4) is 0 Å². The number of hydrogen-bond acceptors (Lipinski definition) is 5. The molecule has 2 aromatic heterocycles. The van der Waals surface area contributed by atoms with E-state index in [0.717, 1.165) is 15.6 Å². The Morgan fingerprint density at radius 3 is 2.53 bits per heavy atom. The van der Waals surface area contributed by atoms with E-state index in [4.69, 9.17) is 4.42 Å². The van der Waals surface area contributed by atoms with Crippen LogP contribution in [-0.2, 0) is 28.8 Å². The van der Waals surface area contributed by atoms with Crippen LogP contribution in [0.25, 0.3) is 22.4 Å². The van der Waals surface area contributed by atoms with E-state index in [1.54, 1.807) is 7.05 Å². The first-order valence-corrected chi connectivity index (χ1v) is 16.1. The van der Waals surface area contributed by atoms with Crippen LogP contribution in [0.2, 0.25) is 0 Å². The molecule has 2 unspecified atom stereocenters. The summed E-state index contributed by atoms with van der Waals surface area (Å²) in [5, 5.41) is 3.24. The van der Waals surface area contributed by atoms with E-state index in [-0.39, 0.29) is 24.3 Å². The zero-order valence-corrected chi connectivity index (χ0v) is 24.4. The van der Waals surface area contributed by atoms with Crippen LogP contribution in [0.1, 0.15) is 47.8 Å². The van der Waals surface area contributed by atoms with E-state index in [1.807, 2.05) is 30.3 Å². The van der Waals surface area contributed by atoms with Crippen LogP contribution >= 0.6 is 30.0 Å². The van der Waals surface area contributed by atoms with Crippen molar-refractivity contribution in [3.63, 3.8) is 0 Å². The second kappa shape index (κ2) is 12.7. The first-order valence-electron chi connectivity index (χ1n) is 11.6. The van der Waals surface area contributed by atoms with Crippen molar-refractivity contribution in [1.29, 1.82) is 0 Å². The number of amides is 1. The number of halogens is 1. The number of nitrogens with one attached hydrogen (secondary N) is 1. The number of aromatic nitrogens is 1. The molecule has 196 valence electrons. The standard InChI is InChI=1S/C24H31IN3O6PS/c1-4-16-8-10-17(11-9-16)22-21(23(29)26-2)18-14-19(25)20(27-24(18)34-22)15-28(36(32)33)12-6-5-7-13-35(3,30)31/h8-11,14H,4-7,12-13,15H2,1-3H3,(H,26,29)(H,30,31)(H,32,33). The Balaban J connectivity index is 1.89. The van der Waals surface area contributed by atoms with Gasteiger partial charge in [-0.15, -0.1) is 0 Å². The summed E-state index contributed by atoms with van der Waals surface area (Å²) in [6.45, 7) is 3.84. The van der Waals surface area contributed by atoms with E-state index < -0.39 is 18.6 Å². The van der Waals surface area contributed by atoms with Gasteiger partial charge in [-0.2, -0.15) is 4.31 Å². The lowest BCUT2D eigenvalue weighted by atomic mass is 10.0. The van der Waals surface area contributed by atoms with E-state index in [2.05, 4.69) is 39.8 Å². The highest BCUT2D eigenvalue weighted by Gasteiger charge is 2.24.